The van der Waals surface area contributed by atoms with Crippen LogP contribution < -0.4 is 0 Å². The molecule has 0 atom stereocenters. The van der Waals surface area contributed by atoms with Gasteiger partial charge in [0.2, 0.25) is 0 Å². The summed E-state index contributed by atoms with van der Waals surface area (Å²) in [5.74, 6) is 0. The van der Waals surface area contributed by atoms with Gasteiger partial charge in [0.1, 0.15) is 11.3 Å². The molecule has 0 aliphatic heterocycles. The van der Waals surface area contributed by atoms with Crippen molar-refractivity contribution in [2.24, 2.45) is 0 Å². The molecule has 0 fully saturated rings. The zero-order chi connectivity index (χ0) is 27.4. The molecule has 4 heterocycles. The van der Waals surface area contributed by atoms with Gasteiger partial charge in [-0.3, -0.25) is 8.80 Å². The van der Waals surface area contributed by atoms with Crippen LogP contribution in [0.15, 0.2) is 115 Å². The summed E-state index contributed by atoms with van der Waals surface area (Å²) in [6, 6.07) is 41.4. The van der Waals surface area contributed by atoms with E-state index in [9.17, 15) is 0 Å². The molecule has 42 heavy (non-hydrogen) atoms. The molecule has 1 aliphatic rings. The molecule has 0 saturated carbocycles. The molecule has 10 rings (SSSR count). The largest absolute Gasteiger partial charge is 0.295 e. The van der Waals surface area contributed by atoms with Gasteiger partial charge in [-0.15, -0.1) is 0 Å². The van der Waals surface area contributed by atoms with Gasteiger partial charge in [0.15, 0.2) is 0 Å². The molecule has 0 bridgehead atoms. The third-order valence-corrected chi connectivity index (χ3v) is 9.18. The Labute approximate surface area is 240 Å². The van der Waals surface area contributed by atoms with Gasteiger partial charge in [-0.1, -0.05) is 91.0 Å². The predicted octanol–water partition coefficient (Wildman–Crippen LogP) is 9.23. The van der Waals surface area contributed by atoms with Crippen molar-refractivity contribution < 1.29 is 0 Å². The molecule has 0 spiro atoms. The first kappa shape index (κ1) is 22.2. The van der Waals surface area contributed by atoms with E-state index in [1.54, 1.807) is 0 Å². The molecule has 9 aromatic rings. The Morgan fingerprint density at radius 2 is 1.05 bits per heavy atom. The van der Waals surface area contributed by atoms with Crippen LogP contribution in [0.25, 0.3) is 77.3 Å². The van der Waals surface area contributed by atoms with E-state index < -0.39 is 0 Å². The van der Waals surface area contributed by atoms with Crippen molar-refractivity contribution in [2.75, 3.05) is 0 Å². The molecule has 196 valence electrons. The molecule has 4 heteroatoms. The zero-order valence-electron chi connectivity index (χ0n) is 22.8. The third-order valence-electron chi connectivity index (χ3n) is 9.18. The number of pyridine rings is 2. The van der Waals surface area contributed by atoms with Crippen LogP contribution in [0.1, 0.15) is 23.4 Å². The summed E-state index contributed by atoms with van der Waals surface area (Å²) in [6.07, 6.45) is 4.22. The minimum atomic E-state index is 0.948. The molecule has 0 saturated heterocycles. The smallest absolute Gasteiger partial charge is 0.146 e. The highest BCUT2D eigenvalue weighted by molar-refractivity contribution is 6.14. The lowest BCUT2D eigenvalue weighted by Gasteiger charge is -2.15. The van der Waals surface area contributed by atoms with E-state index in [4.69, 9.17) is 9.97 Å². The maximum atomic E-state index is 5.24. The molecular formula is C38H24N4. The van der Waals surface area contributed by atoms with Crippen LogP contribution in [0.3, 0.4) is 0 Å². The maximum Gasteiger partial charge on any atom is 0.146 e. The summed E-state index contributed by atoms with van der Waals surface area (Å²) in [7, 11) is 0. The van der Waals surface area contributed by atoms with Gasteiger partial charge in [0.25, 0.3) is 0 Å². The number of benzene rings is 5. The Hall–Kier alpha value is -5.48. The van der Waals surface area contributed by atoms with Crippen LogP contribution in [0.5, 0.6) is 0 Å². The fourth-order valence-electron chi connectivity index (χ4n) is 7.31. The van der Waals surface area contributed by atoms with Gasteiger partial charge in [-0.2, -0.15) is 0 Å². The van der Waals surface area contributed by atoms with E-state index in [1.807, 2.05) is 0 Å². The summed E-state index contributed by atoms with van der Waals surface area (Å²) in [4.78, 5) is 10.5. The Kier molecular flexibility index (Phi) is 4.26. The number of para-hydroxylation sites is 2. The van der Waals surface area contributed by atoms with E-state index in [1.165, 1.54) is 60.2 Å². The van der Waals surface area contributed by atoms with E-state index in [0.717, 1.165) is 40.9 Å². The lowest BCUT2D eigenvalue weighted by atomic mass is 9.93. The van der Waals surface area contributed by atoms with Gasteiger partial charge in [0, 0.05) is 21.5 Å². The molecular weight excluding hydrogens is 512 g/mol. The first-order valence-electron chi connectivity index (χ1n) is 14.6. The summed E-state index contributed by atoms with van der Waals surface area (Å²) in [5, 5.41) is 7.40. The van der Waals surface area contributed by atoms with Crippen LogP contribution in [-0.2, 0) is 6.42 Å². The molecule has 0 unspecified atom stereocenters. The predicted molar refractivity (Wildman–Crippen MR) is 174 cm³/mol. The number of rotatable bonds is 1. The number of hydrogen-bond donors (Lipinski definition) is 0. The van der Waals surface area contributed by atoms with E-state index >= 15 is 0 Å². The number of imidazole rings is 2. The molecule has 0 amide bonds. The Balaban J connectivity index is 1.20. The normalized spacial score (nSPS) is 13.7. The standard InChI is InChI=1S/C38H24N4/c1-3-13-29-25(9-1)27-11-5-7-15-33(27)41-35-19-17-23(21-31(35)39-37(29)41)24-18-20-36-32(22-24)40-38-30-14-4-2-10-26(30)28-12-6-8-16-34(28)42(36)38/h1-17,19,21-22H,18,20H2. The Bertz CT molecular complexity index is 2630. The van der Waals surface area contributed by atoms with Crippen LogP contribution in [0, 0.1) is 0 Å². The SMILES string of the molecule is C1=C(c2ccc3c(c2)nc2c4ccccc4c4ccccc4n32)CCc2c1nc1c3ccccc3c3ccccc3n21. The van der Waals surface area contributed by atoms with Gasteiger partial charge >= 0.3 is 0 Å². The van der Waals surface area contributed by atoms with Crippen molar-refractivity contribution in [3.05, 3.63) is 132 Å². The molecule has 4 nitrogen and oxygen atoms in total. The minimum Gasteiger partial charge on any atom is -0.295 e. The highest BCUT2D eigenvalue weighted by atomic mass is 15.0. The Morgan fingerprint density at radius 1 is 0.476 bits per heavy atom. The van der Waals surface area contributed by atoms with Crippen molar-refractivity contribution in [1.82, 2.24) is 18.8 Å². The maximum absolute atomic E-state index is 5.24. The number of nitrogens with zero attached hydrogens (tertiary/aromatic N) is 4. The second kappa shape index (κ2) is 8.05. The average Bonchev–Trinajstić information content (AvgIpc) is 3.64. The number of fused-ring (bicyclic) bond motifs is 16. The molecule has 1 aliphatic carbocycles. The lowest BCUT2D eigenvalue weighted by molar-refractivity contribution is 0.934. The second-order valence-corrected chi connectivity index (χ2v) is 11.4. The van der Waals surface area contributed by atoms with Gasteiger partial charge in [-0.25, -0.2) is 9.97 Å². The second-order valence-electron chi connectivity index (χ2n) is 11.4. The van der Waals surface area contributed by atoms with E-state index in [-0.39, 0.29) is 0 Å². The number of allylic oxidation sites excluding steroid dienone is 1. The summed E-state index contributed by atoms with van der Waals surface area (Å²) in [6.45, 7) is 0. The van der Waals surface area contributed by atoms with Crippen LogP contribution >= 0.6 is 0 Å². The number of aryl methyl sites for hydroxylation is 1. The van der Waals surface area contributed by atoms with Crippen molar-refractivity contribution in [3.8, 4) is 0 Å². The van der Waals surface area contributed by atoms with Gasteiger partial charge in [-0.05, 0) is 65.1 Å². The fourth-order valence-corrected chi connectivity index (χ4v) is 7.31. The van der Waals surface area contributed by atoms with Crippen molar-refractivity contribution >= 4 is 77.3 Å². The van der Waals surface area contributed by atoms with Gasteiger partial charge < -0.3 is 0 Å². The summed E-state index contributed by atoms with van der Waals surface area (Å²) < 4.78 is 4.71. The quantitative estimate of drug-likeness (QED) is 0.196. The zero-order valence-corrected chi connectivity index (χ0v) is 22.8. The van der Waals surface area contributed by atoms with Crippen LogP contribution in [0.4, 0.5) is 0 Å². The van der Waals surface area contributed by atoms with Crippen LogP contribution in [-0.4, -0.2) is 18.8 Å². The Morgan fingerprint density at radius 3 is 1.74 bits per heavy atom. The topological polar surface area (TPSA) is 34.6 Å². The van der Waals surface area contributed by atoms with Crippen molar-refractivity contribution in [3.63, 3.8) is 0 Å². The molecule has 0 N–H and O–H groups in total. The number of hydrogen-bond acceptors (Lipinski definition) is 2. The van der Waals surface area contributed by atoms with E-state index in [2.05, 4.69) is 130 Å². The lowest BCUT2D eigenvalue weighted by Crippen LogP contribution is -2.02. The molecule has 0 radical (unpaired) electrons. The summed E-state index contributed by atoms with van der Waals surface area (Å²) >= 11 is 0. The summed E-state index contributed by atoms with van der Waals surface area (Å²) in [5.41, 5.74) is 11.5. The first-order valence-corrected chi connectivity index (χ1v) is 14.6. The van der Waals surface area contributed by atoms with Gasteiger partial charge in [0.05, 0.1) is 33.5 Å². The fraction of sp³-hybridized carbons (Fsp3) is 0.0526. The average molecular weight is 537 g/mol. The van der Waals surface area contributed by atoms with Crippen molar-refractivity contribution in [2.45, 2.75) is 12.8 Å². The van der Waals surface area contributed by atoms with E-state index in [0.29, 0.717) is 0 Å². The minimum absolute atomic E-state index is 0.948. The molecule has 4 aromatic heterocycles. The number of aromatic nitrogens is 4. The highest BCUT2D eigenvalue weighted by Gasteiger charge is 2.22. The van der Waals surface area contributed by atoms with Crippen LogP contribution in [0.2, 0.25) is 0 Å². The molecule has 5 aromatic carbocycles. The first-order chi connectivity index (χ1) is 20.8. The third kappa shape index (κ3) is 2.86. The monoisotopic (exact) mass is 536 g/mol. The highest BCUT2D eigenvalue weighted by Crippen LogP contribution is 2.38. The van der Waals surface area contributed by atoms with Crippen molar-refractivity contribution in [1.29, 1.82) is 0 Å².